The van der Waals surface area contributed by atoms with Crippen molar-refractivity contribution in [2.75, 3.05) is 13.1 Å². The molecule has 1 amide bonds. The van der Waals surface area contributed by atoms with Gasteiger partial charge in [0.05, 0.1) is 0 Å². The van der Waals surface area contributed by atoms with Crippen molar-refractivity contribution in [3.8, 4) is 0 Å². The summed E-state index contributed by atoms with van der Waals surface area (Å²) in [6, 6.07) is 9.41. The number of benzene rings is 1. The molecular weight excluding hydrogens is 224 g/mol. The van der Waals surface area contributed by atoms with Crippen LogP contribution in [-0.4, -0.2) is 24.0 Å². The van der Waals surface area contributed by atoms with Crippen LogP contribution in [0.15, 0.2) is 30.3 Å². The molecule has 0 radical (unpaired) electrons. The molecular formula is C15H24N2O. The van der Waals surface area contributed by atoms with Gasteiger partial charge in [0.25, 0.3) is 5.91 Å². The number of nitrogens with zero attached hydrogens (tertiary/aromatic N) is 1. The van der Waals surface area contributed by atoms with Crippen LogP contribution in [0.2, 0.25) is 0 Å². The molecule has 3 heteroatoms. The van der Waals surface area contributed by atoms with Crippen molar-refractivity contribution < 1.29 is 4.79 Å². The Bertz CT molecular complexity index is 360. The minimum absolute atomic E-state index is 0.0463. The first kappa shape index (κ1) is 14.7. The summed E-state index contributed by atoms with van der Waals surface area (Å²) in [5, 5.41) is 1.74. The summed E-state index contributed by atoms with van der Waals surface area (Å²) in [6.45, 7) is 10.0. The zero-order chi connectivity index (χ0) is 13.5. The van der Waals surface area contributed by atoms with Crippen LogP contribution in [-0.2, 0) is 0 Å². The maximum Gasteiger partial charge on any atom is 0.267 e. The van der Waals surface area contributed by atoms with Gasteiger partial charge in [0.2, 0.25) is 0 Å². The van der Waals surface area contributed by atoms with Crippen LogP contribution in [0, 0.1) is 11.8 Å². The van der Waals surface area contributed by atoms with Gasteiger partial charge in [0.1, 0.15) is 0 Å². The topological polar surface area (TPSA) is 32.3 Å². The van der Waals surface area contributed by atoms with Crippen LogP contribution >= 0.6 is 0 Å². The van der Waals surface area contributed by atoms with Gasteiger partial charge in [-0.25, -0.2) is 5.43 Å². The van der Waals surface area contributed by atoms with Crippen LogP contribution < -0.4 is 5.43 Å². The molecule has 1 N–H and O–H groups in total. The number of hydrazine groups is 1. The second-order valence-corrected chi connectivity index (χ2v) is 5.43. The normalized spacial score (nSPS) is 11.0. The molecule has 0 saturated carbocycles. The van der Waals surface area contributed by atoms with E-state index in [0.29, 0.717) is 11.8 Å². The first-order valence-corrected chi connectivity index (χ1v) is 6.61. The van der Waals surface area contributed by atoms with Gasteiger partial charge in [-0.2, -0.15) is 0 Å². The highest BCUT2D eigenvalue weighted by atomic mass is 16.2. The van der Waals surface area contributed by atoms with E-state index in [1.807, 2.05) is 30.3 Å². The van der Waals surface area contributed by atoms with Crippen LogP contribution in [0.5, 0.6) is 0 Å². The summed E-state index contributed by atoms with van der Waals surface area (Å²) in [4.78, 5) is 12.4. The minimum Gasteiger partial charge on any atom is -0.274 e. The van der Waals surface area contributed by atoms with Crippen LogP contribution in [0.3, 0.4) is 0 Å². The number of hydrogen-bond acceptors (Lipinski definition) is 2. The summed E-state index contributed by atoms with van der Waals surface area (Å²) in [5.74, 6) is 1.01. The van der Waals surface area contributed by atoms with E-state index in [2.05, 4.69) is 33.1 Å². The molecule has 1 aromatic carbocycles. The largest absolute Gasteiger partial charge is 0.274 e. The summed E-state index contributed by atoms with van der Waals surface area (Å²) in [5.41, 5.74) is 3.96. The molecule has 0 saturated heterocycles. The van der Waals surface area contributed by atoms with E-state index >= 15 is 0 Å². The summed E-state index contributed by atoms with van der Waals surface area (Å²) >= 11 is 0. The minimum atomic E-state index is 0.0463. The standard InChI is InChI=1S/C15H24N2O/c1-12(2)10-16-17(11-13(3)4)15(18)14-8-6-5-7-9-14/h5-9,12-13,16H,10-11H2,1-4H3. The maximum absolute atomic E-state index is 12.4. The average Bonchev–Trinajstić information content (AvgIpc) is 2.34. The third-order valence-corrected chi connectivity index (χ3v) is 2.50. The Labute approximate surface area is 110 Å². The highest BCUT2D eigenvalue weighted by Crippen LogP contribution is 2.06. The van der Waals surface area contributed by atoms with Crippen molar-refractivity contribution in [3.05, 3.63) is 35.9 Å². The summed E-state index contributed by atoms with van der Waals surface area (Å²) in [6.07, 6.45) is 0. The Morgan fingerprint density at radius 2 is 1.72 bits per heavy atom. The second-order valence-electron chi connectivity index (χ2n) is 5.43. The predicted molar refractivity (Wildman–Crippen MR) is 75.2 cm³/mol. The third kappa shape index (κ3) is 4.88. The fourth-order valence-corrected chi connectivity index (χ4v) is 1.61. The van der Waals surface area contributed by atoms with Crippen LogP contribution in [0.4, 0.5) is 0 Å². The molecule has 0 spiro atoms. The van der Waals surface area contributed by atoms with E-state index in [1.54, 1.807) is 5.01 Å². The highest BCUT2D eigenvalue weighted by molar-refractivity contribution is 5.93. The quantitative estimate of drug-likeness (QED) is 0.785. The molecule has 3 nitrogen and oxygen atoms in total. The molecule has 18 heavy (non-hydrogen) atoms. The fourth-order valence-electron chi connectivity index (χ4n) is 1.61. The van der Waals surface area contributed by atoms with Gasteiger partial charge >= 0.3 is 0 Å². The lowest BCUT2D eigenvalue weighted by atomic mass is 10.1. The van der Waals surface area contributed by atoms with Crippen molar-refractivity contribution in [3.63, 3.8) is 0 Å². The lowest BCUT2D eigenvalue weighted by molar-refractivity contribution is 0.0620. The lowest BCUT2D eigenvalue weighted by Gasteiger charge is -2.26. The molecule has 0 unspecified atom stereocenters. The monoisotopic (exact) mass is 248 g/mol. The Balaban J connectivity index is 2.72. The van der Waals surface area contributed by atoms with E-state index in [0.717, 1.165) is 18.7 Å². The number of hydrogen-bond donors (Lipinski definition) is 1. The lowest BCUT2D eigenvalue weighted by Crippen LogP contribution is -2.46. The molecule has 0 bridgehead atoms. The van der Waals surface area contributed by atoms with Crippen molar-refractivity contribution in [2.24, 2.45) is 11.8 Å². The molecule has 0 aromatic heterocycles. The molecule has 0 aliphatic rings. The molecule has 0 heterocycles. The summed E-state index contributed by atoms with van der Waals surface area (Å²) in [7, 11) is 0. The summed E-state index contributed by atoms with van der Waals surface area (Å²) < 4.78 is 0. The molecule has 0 aliphatic carbocycles. The number of nitrogens with one attached hydrogen (secondary N) is 1. The zero-order valence-corrected chi connectivity index (χ0v) is 11.8. The van der Waals surface area contributed by atoms with Crippen LogP contribution in [0.25, 0.3) is 0 Å². The van der Waals surface area contributed by atoms with E-state index in [1.165, 1.54) is 0 Å². The molecule has 1 aromatic rings. The highest BCUT2D eigenvalue weighted by Gasteiger charge is 2.16. The first-order chi connectivity index (χ1) is 8.50. The molecule has 0 aliphatic heterocycles. The Kier molecular flexibility index (Phi) is 5.86. The van der Waals surface area contributed by atoms with Crippen molar-refractivity contribution in [1.82, 2.24) is 10.4 Å². The number of rotatable bonds is 6. The second kappa shape index (κ2) is 7.17. The predicted octanol–water partition coefficient (Wildman–Crippen LogP) is 2.95. The smallest absolute Gasteiger partial charge is 0.267 e. The molecule has 100 valence electrons. The van der Waals surface area contributed by atoms with Gasteiger partial charge in [0, 0.05) is 18.7 Å². The first-order valence-electron chi connectivity index (χ1n) is 6.61. The van der Waals surface area contributed by atoms with Gasteiger partial charge in [-0.1, -0.05) is 45.9 Å². The third-order valence-electron chi connectivity index (χ3n) is 2.50. The van der Waals surface area contributed by atoms with Crippen molar-refractivity contribution >= 4 is 5.91 Å². The van der Waals surface area contributed by atoms with E-state index < -0.39 is 0 Å². The zero-order valence-electron chi connectivity index (χ0n) is 11.8. The molecule has 1 rings (SSSR count). The molecule has 0 fully saturated rings. The van der Waals surface area contributed by atoms with E-state index in [-0.39, 0.29) is 5.91 Å². The van der Waals surface area contributed by atoms with Gasteiger partial charge in [-0.05, 0) is 24.0 Å². The van der Waals surface area contributed by atoms with Gasteiger partial charge in [-0.15, -0.1) is 0 Å². The fraction of sp³-hybridized carbons (Fsp3) is 0.533. The number of carbonyl (C=O) groups is 1. The van der Waals surface area contributed by atoms with Gasteiger partial charge in [-0.3, -0.25) is 9.80 Å². The van der Waals surface area contributed by atoms with E-state index in [4.69, 9.17) is 0 Å². The van der Waals surface area contributed by atoms with Gasteiger partial charge < -0.3 is 0 Å². The van der Waals surface area contributed by atoms with Crippen molar-refractivity contribution in [2.45, 2.75) is 27.7 Å². The van der Waals surface area contributed by atoms with Gasteiger partial charge in [0.15, 0.2) is 0 Å². The Morgan fingerprint density at radius 1 is 1.11 bits per heavy atom. The van der Waals surface area contributed by atoms with E-state index in [9.17, 15) is 4.79 Å². The van der Waals surface area contributed by atoms with Crippen LogP contribution in [0.1, 0.15) is 38.1 Å². The SMILES string of the molecule is CC(C)CNN(CC(C)C)C(=O)c1ccccc1. The maximum atomic E-state index is 12.4. The Hall–Kier alpha value is -1.35. The Morgan fingerprint density at radius 3 is 2.22 bits per heavy atom. The van der Waals surface area contributed by atoms with Crippen molar-refractivity contribution in [1.29, 1.82) is 0 Å². The number of amides is 1. The molecule has 0 atom stereocenters. The average molecular weight is 248 g/mol. The number of carbonyl (C=O) groups excluding carboxylic acids is 1.